The molecule has 1 N–H and O–H groups in total. The zero-order chi connectivity index (χ0) is 29.2. The first-order valence-corrected chi connectivity index (χ1v) is 11.2. The molecule has 0 saturated carbocycles. The van der Waals surface area contributed by atoms with Crippen LogP contribution < -0.4 is 14.9 Å². The van der Waals surface area contributed by atoms with Gasteiger partial charge in [0.2, 0.25) is 5.43 Å². The fourth-order valence-electron chi connectivity index (χ4n) is 3.18. The van der Waals surface area contributed by atoms with Crippen molar-refractivity contribution in [3.63, 3.8) is 0 Å². The molecular formula is C23H20N2O15. The summed E-state index contributed by atoms with van der Waals surface area (Å²) >= 11 is 0. The second-order valence-corrected chi connectivity index (χ2v) is 7.42. The third-order valence-electron chi connectivity index (χ3n) is 4.80. The lowest BCUT2D eigenvalue weighted by Crippen LogP contribution is -2.34. The molecule has 0 fully saturated rings. The Labute approximate surface area is 222 Å². The molecule has 3 aromatic rings. The molecule has 0 aliphatic heterocycles. The maximum absolute atomic E-state index is 13.1. The van der Waals surface area contributed by atoms with Gasteiger partial charge in [0.15, 0.2) is 6.61 Å². The Morgan fingerprint density at radius 3 is 2.40 bits per heavy atom. The van der Waals surface area contributed by atoms with Crippen LogP contribution in [0.25, 0.3) is 22.1 Å². The van der Waals surface area contributed by atoms with Crippen LogP contribution in [-0.4, -0.2) is 59.9 Å². The van der Waals surface area contributed by atoms with Crippen LogP contribution in [0.3, 0.4) is 0 Å². The number of nitrogens with zero attached hydrogens (tertiary/aromatic N) is 2. The number of benzene rings is 2. The van der Waals surface area contributed by atoms with Gasteiger partial charge in [0.1, 0.15) is 47.7 Å². The van der Waals surface area contributed by atoms with Crippen molar-refractivity contribution in [2.24, 2.45) is 0 Å². The quantitative estimate of drug-likeness (QED) is 0.0967. The zero-order valence-corrected chi connectivity index (χ0v) is 20.5. The summed E-state index contributed by atoms with van der Waals surface area (Å²) in [5, 5.41) is 28.7. The molecule has 3 rings (SSSR count). The molecule has 1 heterocycles. The molecule has 1 unspecified atom stereocenters. The van der Waals surface area contributed by atoms with Crippen LogP contribution in [0.1, 0.15) is 6.92 Å². The van der Waals surface area contributed by atoms with Crippen LogP contribution in [0.15, 0.2) is 51.9 Å². The van der Waals surface area contributed by atoms with E-state index in [1.165, 1.54) is 31.2 Å². The highest BCUT2D eigenvalue weighted by Gasteiger charge is 2.27. The summed E-state index contributed by atoms with van der Waals surface area (Å²) < 4.78 is 25.2. The summed E-state index contributed by atoms with van der Waals surface area (Å²) in [6.07, 6.45) is -0.993. The van der Waals surface area contributed by atoms with Crippen LogP contribution >= 0.6 is 0 Å². The molecule has 1 aromatic heterocycles. The number of rotatable bonds is 14. The monoisotopic (exact) mass is 564 g/mol. The predicted octanol–water partition coefficient (Wildman–Crippen LogP) is 1.77. The number of ether oxygens (including phenoxy) is 4. The second-order valence-electron chi connectivity index (χ2n) is 7.42. The third-order valence-corrected chi connectivity index (χ3v) is 4.80. The number of aromatic hydroxyl groups is 1. The fraction of sp³-hybridized carbons (Fsp3) is 0.261. The Morgan fingerprint density at radius 2 is 1.75 bits per heavy atom. The average molecular weight is 564 g/mol. The van der Waals surface area contributed by atoms with Crippen molar-refractivity contribution in [3.05, 3.63) is 73.1 Å². The fourth-order valence-corrected chi connectivity index (χ4v) is 3.18. The molecule has 0 radical (unpaired) electrons. The number of phenols is 1. The standard InChI is InChI=1S/C23H20N2O15/c1-2-34-22(29)23(40-25(32)33)39-15-9-17(26)20-18(10-15)37-11-16(21(20)28)13-3-5-14(6-4-13)36-12-19(27)35-7-8-38-24(30)31/h3-6,9-11,23,26H,2,7-8,12H2,1H3. The minimum absolute atomic E-state index is 0.0503. The van der Waals surface area contributed by atoms with Crippen molar-refractivity contribution in [1.29, 1.82) is 0 Å². The van der Waals surface area contributed by atoms with Gasteiger partial charge in [-0.3, -0.25) is 9.63 Å². The van der Waals surface area contributed by atoms with E-state index in [4.69, 9.17) is 18.6 Å². The van der Waals surface area contributed by atoms with Gasteiger partial charge in [0.05, 0.1) is 12.2 Å². The van der Waals surface area contributed by atoms with Crippen molar-refractivity contribution in [2.45, 2.75) is 13.2 Å². The Kier molecular flexibility index (Phi) is 9.60. The molecule has 1 atom stereocenters. The molecule has 17 nitrogen and oxygen atoms in total. The lowest BCUT2D eigenvalue weighted by Gasteiger charge is -2.16. The average Bonchev–Trinajstić information content (AvgIpc) is 2.90. The van der Waals surface area contributed by atoms with Crippen LogP contribution in [0.2, 0.25) is 0 Å². The summed E-state index contributed by atoms with van der Waals surface area (Å²) in [7, 11) is 0. The highest BCUT2D eigenvalue weighted by molar-refractivity contribution is 5.88. The first-order chi connectivity index (χ1) is 19.1. The Balaban J connectivity index is 1.73. The van der Waals surface area contributed by atoms with E-state index in [-0.39, 0.29) is 41.2 Å². The lowest BCUT2D eigenvalue weighted by molar-refractivity contribution is -0.773. The van der Waals surface area contributed by atoms with Crippen LogP contribution in [0.4, 0.5) is 0 Å². The highest BCUT2D eigenvalue weighted by atomic mass is 17.0. The molecule has 0 spiro atoms. The van der Waals surface area contributed by atoms with Gasteiger partial charge in [0.25, 0.3) is 10.2 Å². The van der Waals surface area contributed by atoms with E-state index in [9.17, 15) is 39.7 Å². The van der Waals surface area contributed by atoms with E-state index in [0.29, 0.717) is 5.56 Å². The number of carbonyl (C=O) groups is 2. The molecule has 17 heteroatoms. The van der Waals surface area contributed by atoms with Gasteiger partial charge in [-0.2, -0.15) is 0 Å². The maximum atomic E-state index is 13.1. The smallest absolute Gasteiger partial charge is 0.375 e. The van der Waals surface area contributed by atoms with Gasteiger partial charge in [-0.05, 0) is 24.6 Å². The van der Waals surface area contributed by atoms with E-state index in [2.05, 4.69) is 14.4 Å². The van der Waals surface area contributed by atoms with E-state index in [1.807, 2.05) is 0 Å². The first kappa shape index (κ1) is 29.0. The van der Waals surface area contributed by atoms with Crippen LogP contribution in [-0.2, 0) is 28.7 Å². The van der Waals surface area contributed by atoms with Crippen molar-refractivity contribution < 1.29 is 57.9 Å². The largest absolute Gasteiger partial charge is 0.507 e. The van der Waals surface area contributed by atoms with Crippen molar-refractivity contribution in [3.8, 4) is 28.4 Å². The van der Waals surface area contributed by atoms with Gasteiger partial charge < -0.3 is 33.3 Å². The van der Waals surface area contributed by atoms with E-state index in [0.717, 1.165) is 18.4 Å². The molecule has 212 valence electrons. The maximum Gasteiger partial charge on any atom is 0.375 e. The third kappa shape index (κ3) is 7.70. The zero-order valence-electron chi connectivity index (χ0n) is 20.5. The van der Waals surface area contributed by atoms with Gasteiger partial charge in [0, 0.05) is 12.1 Å². The summed E-state index contributed by atoms with van der Waals surface area (Å²) in [4.78, 5) is 65.5. The van der Waals surface area contributed by atoms with Crippen molar-refractivity contribution >= 4 is 22.9 Å². The highest BCUT2D eigenvalue weighted by Crippen LogP contribution is 2.31. The van der Waals surface area contributed by atoms with Crippen molar-refractivity contribution in [2.75, 3.05) is 26.4 Å². The molecule has 0 aliphatic rings. The Hall–Kier alpha value is -5.61. The lowest BCUT2D eigenvalue weighted by atomic mass is 10.0. The Morgan fingerprint density at radius 1 is 1.02 bits per heavy atom. The van der Waals surface area contributed by atoms with E-state index >= 15 is 0 Å². The van der Waals surface area contributed by atoms with Crippen LogP contribution in [0, 0.1) is 20.2 Å². The van der Waals surface area contributed by atoms with E-state index < -0.39 is 52.8 Å². The number of carbonyl (C=O) groups excluding carboxylic acids is 2. The molecular weight excluding hydrogens is 544 g/mol. The molecule has 0 aliphatic carbocycles. The van der Waals surface area contributed by atoms with Gasteiger partial charge in [-0.15, -0.1) is 20.2 Å². The summed E-state index contributed by atoms with van der Waals surface area (Å²) in [5.74, 6) is -2.63. The predicted molar refractivity (Wildman–Crippen MR) is 128 cm³/mol. The van der Waals surface area contributed by atoms with Crippen molar-refractivity contribution in [1.82, 2.24) is 0 Å². The van der Waals surface area contributed by atoms with Gasteiger partial charge >= 0.3 is 18.2 Å². The number of phenolic OH excluding ortho intramolecular Hbond substituents is 1. The Bertz CT molecular complexity index is 1450. The number of fused-ring (bicyclic) bond motifs is 1. The van der Waals surface area contributed by atoms with Crippen LogP contribution in [0.5, 0.6) is 17.2 Å². The first-order valence-electron chi connectivity index (χ1n) is 11.2. The second kappa shape index (κ2) is 13.3. The molecule has 0 bridgehead atoms. The topological polar surface area (TPSA) is 226 Å². The number of esters is 2. The summed E-state index contributed by atoms with van der Waals surface area (Å²) in [6.45, 7) is 0.117. The summed E-state index contributed by atoms with van der Waals surface area (Å²) in [5.41, 5.74) is -0.379. The van der Waals surface area contributed by atoms with Gasteiger partial charge in [-0.25, -0.2) is 9.59 Å². The number of hydrogen-bond acceptors (Lipinski definition) is 15. The molecule has 0 amide bonds. The van der Waals surface area contributed by atoms with E-state index in [1.54, 1.807) is 0 Å². The molecule has 0 saturated heterocycles. The van der Waals surface area contributed by atoms with Gasteiger partial charge in [-0.1, -0.05) is 12.1 Å². The minimum atomic E-state index is -2.09. The summed E-state index contributed by atoms with van der Waals surface area (Å²) in [6, 6.07) is 7.93. The normalized spacial score (nSPS) is 11.2. The number of hydrogen-bond donors (Lipinski definition) is 1. The minimum Gasteiger partial charge on any atom is -0.507 e. The molecule has 40 heavy (non-hydrogen) atoms. The molecule has 2 aromatic carbocycles. The SMILES string of the molecule is CCOC(=O)C(Oc1cc(O)c2c(=O)c(-c3ccc(OCC(=O)OCCO[N+](=O)[O-])cc3)coc2c1)O[N+](=O)[O-].